The summed E-state index contributed by atoms with van der Waals surface area (Å²) in [6, 6.07) is 15.6. The van der Waals surface area contributed by atoms with E-state index in [0.717, 1.165) is 37.5 Å². The van der Waals surface area contributed by atoms with Gasteiger partial charge in [0.2, 0.25) is 0 Å². The number of methoxy groups -OCH3 is 1. The Bertz CT molecular complexity index is 751. The van der Waals surface area contributed by atoms with Gasteiger partial charge in [-0.15, -0.1) is 0 Å². The number of anilines is 2. The highest BCUT2D eigenvalue weighted by atomic mass is 16.5. The maximum atomic E-state index is 10.6. The molecule has 136 valence electrons. The lowest BCUT2D eigenvalue weighted by Crippen LogP contribution is -2.46. The second-order valence-electron chi connectivity index (χ2n) is 6.00. The van der Waals surface area contributed by atoms with Gasteiger partial charge in [0, 0.05) is 37.6 Å². The van der Waals surface area contributed by atoms with Crippen molar-refractivity contribution >= 4 is 23.6 Å². The van der Waals surface area contributed by atoms with Gasteiger partial charge in [0.25, 0.3) is 0 Å². The van der Waals surface area contributed by atoms with Gasteiger partial charge in [0.1, 0.15) is 5.75 Å². The van der Waals surface area contributed by atoms with Gasteiger partial charge in [-0.3, -0.25) is 0 Å². The predicted molar refractivity (Wildman–Crippen MR) is 104 cm³/mol. The van der Waals surface area contributed by atoms with Crippen molar-refractivity contribution in [2.45, 2.75) is 0 Å². The van der Waals surface area contributed by atoms with E-state index in [9.17, 15) is 4.79 Å². The second-order valence-corrected chi connectivity index (χ2v) is 6.00. The van der Waals surface area contributed by atoms with Gasteiger partial charge in [-0.25, -0.2) is 10.2 Å². The van der Waals surface area contributed by atoms with Crippen molar-refractivity contribution in [1.82, 2.24) is 5.43 Å². The van der Waals surface area contributed by atoms with Crippen molar-refractivity contribution in [1.29, 1.82) is 0 Å². The van der Waals surface area contributed by atoms with E-state index in [1.165, 1.54) is 11.4 Å². The normalized spacial score (nSPS) is 14.5. The predicted octanol–water partition coefficient (Wildman–Crippen LogP) is 2.02. The third-order valence-corrected chi connectivity index (χ3v) is 4.36. The van der Waals surface area contributed by atoms with Crippen LogP contribution in [0.25, 0.3) is 0 Å². The molecule has 0 aliphatic carbocycles. The third-order valence-electron chi connectivity index (χ3n) is 4.36. The molecule has 7 heteroatoms. The van der Waals surface area contributed by atoms with Crippen molar-refractivity contribution in [3.8, 4) is 5.75 Å². The summed E-state index contributed by atoms with van der Waals surface area (Å²) >= 11 is 0. The summed E-state index contributed by atoms with van der Waals surface area (Å²) in [6.07, 6.45) is 1.57. The van der Waals surface area contributed by atoms with Gasteiger partial charge in [-0.2, -0.15) is 5.10 Å². The largest absolute Gasteiger partial charge is 0.497 e. The Morgan fingerprint density at radius 1 is 1.00 bits per heavy atom. The average Bonchev–Trinajstić information content (AvgIpc) is 2.68. The summed E-state index contributed by atoms with van der Waals surface area (Å²) < 4.78 is 5.21. The molecule has 1 fully saturated rings. The number of amides is 2. The van der Waals surface area contributed by atoms with Crippen LogP contribution < -0.4 is 25.7 Å². The number of benzene rings is 2. The molecule has 0 atom stereocenters. The number of carbonyl (C=O) groups is 1. The summed E-state index contributed by atoms with van der Waals surface area (Å²) in [4.78, 5) is 15.3. The molecule has 0 radical (unpaired) electrons. The molecule has 0 saturated carbocycles. The molecule has 2 aromatic carbocycles. The Hall–Kier alpha value is -3.22. The zero-order chi connectivity index (χ0) is 18.4. The van der Waals surface area contributed by atoms with Gasteiger partial charge in [-0.1, -0.05) is 12.1 Å². The first-order valence-corrected chi connectivity index (χ1v) is 8.48. The first-order valence-electron chi connectivity index (χ1n) is 8.48. The smallest absolute Gasteiger partial charge is 0.332 e. The summed E-state index contributed by atoms with van der Waals surface area (Å²) in [5.41, 5.74) is 10.5. The Morgan fingerprint density at radius 3 is 1.96 bits per heavy atom. The number of hydrazone groups is 1. The Kier molecular flexibility index (Phi) is 5.58. The summed E-state index contributed by atoms with van der Waals surface area (Å²) in [6.45, 7) is 3.86. The summed E-state index contributed by atoms with van der Waals surface area (Å²) in [7, 11) is 1.68. The highest BCUT2D eigenvalue weighted by Crippen LogP contribution is 2.22. The number of ether oxygens (including phenoxy) is 1. The topological polar surface area (TPSA) is 83.2 Å². The van der Waals surface area contributed by atoms with Crippen LogP contribution in [0.4, 0.5) is 16.2 Å². The lowest BCUT2D eigenvalue weighted by molar-refractivity contribution is 0.249. The van der Waals surface area contributed by atoms with Crippen LogP contribution in [0, 0.1) is 0 Å². The van der Waals surface area contributed by atoms with Crippen LogP contribution in [0.5, 0.6) is 5.75 Å². The zero-order valence-electron chi connectivity index (χ0n) is 14.8. The van der Waals surface area contributed by atoms with Crippen LogP contribution in [0.2, 0.25) is 0 Å². The SMILES string of the molecule is COc1ccc(N2CCN(c3ccc(/C=N/NC(N)=O)cc3)CC2)cc1. The van der Waals surface area contributed by atoms with E-state index in [1.54, 1.807) is 13.3 Å². The van der Waals surface area contributed by atoms with Gasteiger partial charge in [0.15, 0.2) is 0 Å². The quantitative estimate of drug-likeness (QED) is 0.636. The van der Waals surface area contributed by atoms with Crippen molar-refractivity contribution in [2.24, 2.45) is 10.8 Å². The van der Waals surface area contributed by atoms with Crippen LogP contribution in [-0.4, -0.2) is 45.5 Å². The monoisotopic (exact) mass is 353 g/mol. The molecule has 3 N–H and O–H groups in total. The molecule has 1 aliphatic rings. The number of hydrogen-bond acceptors (Lipinski definition) is 5. The fourth-order valence-corrected chi connectivity index (χ4v) is 2.96. The molecule has 1 aliphatic heterocycles. The molecule has 2 amide bonds. The van der Waals surface area contributed by atoms with E-state index < -0.39 is 6.03 Å². The van der Waals surface area contributed by atoms with Gasteiger partial charge < -0.3 is 20.3 Å². The zero-order valence-corrected chi connectivity index (χ0v) is 14.8. The van der Waals surface area contributed by atoms with E-state index in [-0.39, 0.29) is 0 Å². The van der Waals surface area contributed by atoms with Gasteiger partial charge in [0.05, 0.1) is 13.3 Å². The van der Waals surface area contributed by atoms with Crippen molar-refractivity contribution in [3.63, 3.8) is 0 Å². The minimum Gasteiger partial charge on any atom is -0.497 e. The molecule has 0 spiro atoms. The van der Waals surface area contributed by atoms with Crippen LogP contribution >= 0.6 is 0 Å². The first kappa shape index (κ1) is 17.6. The lowest BCUT2D eigenvalue weighted by Gasteiger charge is -2.37. The Labute approximate surface area is 153 Å². The van der Waals surface area contributed by atoms with E-state index in [0.29, 0.717) is 0 Å². The van der Waals surface area contributed by atoms with Crippen LogP contribution in [0.15, 0.2) is 53.6 Å². The molecular weight excluding hydrogens is 330 g/mol. The average molecular weight is 353 g/mol. The molecule has 0 aromatic heterocycles. The Balaban J connectivity index is 1.55. The van der Waals surface area contributed by atoms with Crippen LogP contribution in [0.1, 0.15) is 5.56 Å². The van der Waals surface area contributed by atoms with E-state index in [1.807, 2.05) is 24.3 Å². The molecule has 0 unspecified atom stereocenters. The van der Waals surface area contributed by atoms with Crippen molar-refractivity contribution in [3.05, 3.63) is 54.1 Å². The number of nitrogens with one attached hydrogen (secondary N) is 1. The Morgan fingerprint density at radius 2 is 1.50 bits per heavy atom. The second kappa shape index (κ2) is 8.24. The standard InChI is InChI=1S/C19H23N5O2/c1-26-18-8-6-17(7-9-18)24-12-10-23(11-13-24)16-4-2-15(3-5-16)14-21-22-19(20)25/h2-9,14H,10-13H2,1H3,(H3,20,22,25)/b21-14+. The molecule has 1 saturated heterocycles. The minimum atomic E-state index is -0.674. The number of urea groups is 1. The summed E-state index contributed by atoms with van der Waals surface area (Å²) in [5, 5.41) is 3.76. The van der Waals surface area contributed by atoms with E-state index >= 15 is 0 Å². The number of piperazine rings is 1. The number of hydrogen-bond donors (Lipinski definition) is 2. The maximum Gasteiger partial charge on any atom is 0.332 e. The van der Waals surface area contributed by atoms with Crippen molar-refractivity contribution < 1.29 is 9.53 Å². The number of nitrogens with two attached hydrogens (primary N) is 1. The maximum absolute atomic E-state index is 10.6. The molecule has 0 bridgehead atoms. The lowest BCUT2D eigenvalue weighted by atomic mass is 10.2. The van der Waals surface area contributed by atoms with Crippen LogP contribution in [0.3, 0.4) is 0 Å². The number of rotatable bonds is 5. The number of primary amides is 1. The highest BCUT2D eigenvalue weighted by Gasteiger charge is 2.17. The molecule has 26 heavy (non-hydrogen) atoms. The third kappa shape index (κ3) is 4.44. The minimum absolute atomic E-state index is 0.674. The van der Waals surface area contributed by atoms with E-state index in [2.05, 4.69) is 44.6 Å². The first-order chi connectivity index (χ1) is 12.7. The number of carbonyl (C=O) groups excluding carboxylic acids is 1. The molecule has 7 nitrogen and oxygen atoms in total. The molecule has 1 heterocycles. The van der Waals surface area contributed by atoms with Gasteiger partial charge >= 0.3 is 6.03 Å². The number of nitrogens with zero attached hydrogens (tertiary/aromatic N) is 3. The van der Waals surface area contributed by atoms with Crippen molar-refractivity contribution in [2.75, 3.05) is 43.1 Å². The highest BCUT2D eigenvalue weighted by molar-refractivity contribution is 5.82. The molecule has 2 aromatic rings. The summed E-state index contributed by atoms with van der Waals surface area (Å²) in [5.74, 6) is 0.877. The fraction of sp³-hybridized carbons (Fsp3) is 0.263. The molecule has 3 rings (SSSR count). The fourth-order valence-electron chi connectivity index (χ4n) is 2.96. The van der Waals surface area contributed by atoms with Crippen LogP contribution in [-0.2, 0) is 0 Å². The molecular formula is C19H23N5O2. The van der Waals surface area contributed by atoms with Gasteiger partial charge in [-0.05, 0) is 42.0 Å². The van der Waals surface area contributed by atoms with E-state index in [4.69, 9.17) is 10.5 Å².